The number of carbonyl (C=O) groups excluding carboxylic acids is 6. The summed E-state index contributed by atoms with van der Waals surface area (Å²) in [5.41, 5.74) is 7.95. The fourth-order valence-electron chi connectivity index (χ4n) is 10.7. The summed E-state index contributed by atoms with van der Waals surface area (Å²) in [5, 5.41) is 108. The van der Waals surface area contributed by atoms with Crippen molar-refractivity contribution < 1.29 is 76.6 Å². The molecule has 0 radical (unpaired) electrons. The molecule has 14 rings (SSSR count). The number of aromatic hydroxyl groups is 4. The Balaban J connectivity index is 0.000000160. The van der Waals surface area contributed by atoms with Crippen LogP contribution in [0.15, 0.2) is 203 Å². The molecule has 0 bridgehead atoms. The Bertz CT molecular complexity index is 6700. The van der Waals surface area contributed by atoms with Crippen LogP contribution >= 0.6 is 69.8 Å². The van der Waals surface area contributed by atoms with Crippen molar-refractivity contribution in [3.63, 3.8) is 0 Å². The Kier molecular flexibility index (Phi) is 29.9. The zero-order chi connectivity index (χ0) is 88.2. The molecule has 0 aliphatic rings. The van der Waals surface area contributed by atoms with Gasteiger partial charge in [-0.3, -0.25) is 25.0 Å². The van der Waals surface area contributed by atoms with Crippen LogP contribution in [0.1, 0.15) is 57.5 Å². The first-order chi connectivity index (χ1) is 59.0. The van der Waals surface area contributed by atoms with Gasteiger partial charge in [0.25, 0.3) is 0 Å². The fourth-order valence-corrected chi connectivity index (χ4v) is 14.4. The highest BCUT2D eigenvalue weighted by Crippen LogP contribution is 2.45. The minimum Gasteiger partial charge on any atom is -0.506 e. The Hall–Kier alpha value is -14.3. The number of nitriles is 1. The molecule has 39 nitrogen and oxygen atoms in total. The van der Waals surface area contributed by atoms with E-state index < -0.39 is 40.1 Å². The molecule has 123 heavy (non-hydrogen) atoms. The van der Waals surface area contributed by atoms with E-state index in [2.05, 4.69) is 105 Å². The summed E-state index contributed by atoms with van der Waals surface area (Å²) in [6.07, 6.45) is 1.23. The normalized spacial score (nSPS) is 11.3. The number of amides is 4. The number of carbonyl (C=O) groups is 6. The Morgan fingerprint density at radius 3 is 1.91 bits per heavy atom. The summed E-state index contributed by atoms with van der Waals surface area (Å²) in [7, 11) is -0.990. The lowest BCUT2D eigenvalue weighted by atomic mass is 9.98. The van der Waals surface area contributed by atoms with Gasteiger partial charge in [-0.15, -0.1) is 57.8 Å². The van der Waals surface area contributed by atoms with Gasteiger partial charge in [0.2, 0.25) is 21.8 Å². The van der Waals surface area contributed by atoms with Crippen molar-refractivity contribution in [1.29, 1.82) is 5.26 Å². The monoisotopic (exact) mass is 1800 g/mol. The topological polar surface area (TPSA) is 545 Å². The van der Waals surface area contributed by atoms with Crippen LogP contribution in [0.4, 0.5) is 76.5 Å². The van der Waals surface area contributed by atoms with Crippen LogP contribution in [0, 0.1) is 11.3 Å². The van der Waals surface area contributed by atoms with Crippen LogP contribution in [0.2, 0.25) is 10.0 Å². The smallest absolute Gasteiger partial charge is 0.411 e. The van der Waals surface area contributed by atoms with E-state index >= 15 is 0 Å². The van der Waals surface area contributed by atoms with Gasteiger partial charge in [-0.05, 0) is 166 Å². The van der Waals surface area contributed by atoms with E-state index in [9.17, 15) is 62.9 Å². The van der Waals surface area contributed by atoms with E-state index in [1.54, 1.807) is 107 Å². The molecule has 6 heterocycles. The number of phenols is 4. The third-order valence-electron chi connectivity index (χ3n) is 16.2. The molecule has 0 unspecified atom stereocenters. The van der Waals surface area contributed by atoms with E-state index in [1.807, 2.05) is 12.1 Å². The number of hydrogen-bond donors (Lipinski definition) is 9. The van der Waals surface area contributed by atoms with Crippen LogP contribution in [-0.4, -0.2) is 146 Å². The van der Waals surface area contributed by atoms with Crippen LogP contribution in [0.25, 0.3) is 60.8 Å². The average molecular weight is 1800 g/mol. The van der Waals surface area contributed by atoms with E-state index in [0.717, 1.165) is 40.4 Å². The second kappa shape index (κ2) is 41.1. The average Bonchev–Trinajstić information content (AvgIpc) is 1.76. The van der Waals surface area contributed by atoms with Crippen molar-refractivity contribution >= 4 is 232 Å². The van der Waals surface area contributed by atoms with Gasteiger partial charge in [0.05, 0.1) is 121 Å². The molecule has 8 aromatic carbocycles. The minimum atomic E-state index is -3.63. The Morgan fingerprint density at radius 2 is 1.24 bits per heavy atom. The van der Waals surface area contributed by atoms with Gasteiger partial charge in [-0.25, -0.2) is 37.0 Å². The number of pyridine rings is 1. The number of hydrogen-bond acceptors (Lipinski definition) is 37. The number of phenolic OH excluding ortho intramolecular Hbond substituents is 4. The number of esters is 2. The van der Waals surface area contributed by atoms with Crippen molar-refractivity contribution in [2.45, 2.75) is 57.4 Å². The molecule has 0 atom stereocenters. The third-order valence-corrected chi connectivity index (χ3v) is 21.2. The lowest BCUT2D eigenvalue weighted by Gasteiger charge is -2.13. The number of anilines is 4. The van der Waals surface area contributed by atoms with Crippen LogP contribution in [0.5, 0.6) is 23.0 Å². The van der Waals surface area contributed by atoms with Crippen molar-refractivity contribution in [2.75, 3.05) is 54.4 Å². The number of thioether (sulfide) groups is 1. The molecule has 0 spiro atoms. The van der Waals surface area contributed by atoms with E-state index in [0.29, 0.717) is 98.6 Å². The lowest BCUT2D eigenvalue weighted by molar-refractivity contribution is -0.139. The van der Waals surface area contributed by atoms with Crippen molar-refractivity contribution in [3.8, 4) is 40.2 Å². The van der Waals surface area contributed by atoms with Gasteiger partial charge in [0.15, 0.2) is 21.3 Å². The predicted octanol–water partition coefficient (Wildman–Crippen LogP) is 19.1. The molecular weight excluding hydrogens is 1730 g/mol. The molecule has 0 saturated heterocycles. The van der Waals surface area contributed by atoms with Gasteiger partial charge < -0.3 is 50.0 Å². The zero-order valence-corrected chi connectivity index (χ0v) is 70.8. The van der Waals surface area contributed by atoms with Crippen LogP contribution in [0.3, 0.4) is 0 Å². The van der Waals surface area contributed by atoms with E-state index in [-0.39, 0.29) is 109 Å². The standard InChI is InChI=1S/C22H19N9O4.C20H13ClN4O3S.C18H17ClN4O5S3.C17H16N6O4S/c1-11(2)35-22(34)26-16-8-20(33)18(25-12(3)32)7-17(16)29-27-14-4-5-15-19(6-14)31-21(30-28-15)13(9-23)10-24-31;1-28-20(27)12-6-3-2-5-11(12)14-9-17(26)15(21)10-16(14)23-24-19-13-7-4-8-22-18(13)25-29-19;1-3-28-17(25)9-29-16-8-15(24)12(19)7-14(16)21-22-18-11-6-10(31(26,27)20-2)4-5-13(11)23-30-18;1-3-27-17(26)19-12-8-15(25)14(18-9(2)24)7-13(12)21-20-10-5-4-6-11-16(10)23-28-22-11/h4-8,10-11,33H,1-3H3,(H,25,32)(H,26,34);2-10,26H,1H3;4-8,20,24H,3,9H2,1-2H3;4-8,25H,3H2,1-2H3,(H,18,24)(H,19,26). The number of rotatable bonds is 22. The number of ether oxygens (including phenoxy) is 4. The maximum absolute atomic E-state index is 12.2. The van der Waals surface area contributed by atoms with E-state index in [4.69, 9.17) is 42.1 Å². The summed E-state index contributed by atoms with van der Waals surface area (Å²) >= 11 is 16.5. The molecule has 628 valence electrons. The maximum Gasteiger partial charge on any atom is 0.411 e. The molecular formula is C77H65Cl2N23O16S5. The number of aromatic nitrogens is 9. The zero-order valence-electron chi connectivity index (χ0n) is 65.2. The second-order valence-corrected chi connectivity index (χ2v) is 30.8. The highest BCUT2D eigenvalue weighted by Gasteiger charge is 2.23. The van der Waals surface area contributed by atoms with Crippen molar-refractivity contribution in [1.82, 2.24) is 47.0 Å². The number of azo groups is 4. The van der Waals surface area contributed by atoms with Gasteiger partial charge in [-0.2, -0.15) is 33.0 Å². The Morgan fingerprint density at radius 1 is 0.602 bits per heavy atom. The largest absolute Gasteiger partial charge is 0.506 e. The molecule has 4 amide bonds. The summed E-state index contributed by atoms with van der Waals surface area (Å²) < 4.78 is 64.5. The van der Waals surface area contributed by atoms with Crippen molar-refractivity contribution in [2.24, 2.45) is 40.9 Å². The number of sulfonamides is 1. The SMILES string of the molecule is CC(=O)Nc1cc(N=Nc2ccc3nnc4c(C#N)cnn4c3c2)c(NC(=O)OC(C)C)cc1O.CCOC(=O)CSc1cc(O)c(Cl)cc1N=Nc1snc2ccc(S(=O)(=O)NC)cc12.CCOC(=O)Nc1cc(O)c(NC(C)=O)cc1N=Nc1cccc2nsnc12.COC(=O)c1ccccc1-c1cc(O)c(Cl)cc1N=Nc1snc2ncccc12. The number of nitrogens with zero attached hydrogens (tertiary/aromatic N) is 18. The number of fused-ring (bicyclic) bond motifs is 6. The maximum atomic E-state index is 12.2. The van der Waals surface area contributed by atoms with Gasteiger partial charge in [-0.1, -0.05) is 47.5 Å². The molecule has 0 saturated carbocycles. The second-order valence-electron chi connectivity index (χ2n) is 25.0. The van der Waals surface area contributed by atoms with E-state index in [1.165, 1.54) is 111 Å². The molecule has 14 aromatic rings. The highest BCUT2D eigenvalue weighted by atomic mass is 35.5. The Labute approximate surface area is 722 Å². The highest BCUT2D eigenvalue weighted by molar-refractivity contribution is 8.00. The molecule has 0 fully saturated rings. The molecule has 46 heteroatoms. The first-order valence-corrected chi connectivity index (χ1v) is 41.2. The third kappa shape index (κ3) is 22.8. The number of benzene rings is 8. The number of nitrogens with one attached hydrogen (secondary N) is 5. The summed E-state index contributed by atoms with van der Waals surface area (Å²) in [5.74, 6) is -2.48. The molecule has 6 aromatic heterocycles. The first-order valence-electron chi connectivity index (χ1n) is 35.7. The molecule has 0 aliphatic heterocycles. The first kappa shape index (κ1) is 89.5. The van der Waals surface area contributed by atoms with Gasteiger partial charge >= 0.3 is 24.1 Å². The van der Waals surface area contributed by atoms with Crippen LogP contribution < -0.4 is 26.0 Å². The predicted molar refractivity (Wildman–Crippen MR) is 461 cm³/mol. The van der Waals surface area contributed by atoms with Crippen LogP contribution in [-0.2, 0) is 43.4 Å². The fraction of sp³-hybridized carbons (Fsp3) is 0.156. The molecule has 0 aliphatic carbocycles. The van der Waals surface area contributed by atoms with Crippen molar-refractivity contribution in [3.05, 3.63) is 173 Å². The quantitative estimate of drug-likeness (QED) is 0.0100. The number of halogens is 2. The molecule has 9 N–H and O–H groups in total. The summed E-state index contributed by atoms with van der Waals surface area (Å²) in [6.45, 7) is 9.80. The summed E-state index contributed by atoms with van der Waals surface area (Å²) in [6, 6.07) is 38.3. The lowest BCUT2D eigenvalue weighted by Crippen LogP contribution is -2.18. The van der Waals surface area contributed by atoms with Gasteiger partial charge in [0.1, 0.15) is 73.9 Å². The van der Waals surface area contributed by atoms with Gasteiger partial charge in [0, 0.05) is 48.0 Å². The number of methoxy groups -OCH3 is 1. The summed E-state index contributed by atoms with van der Waals surface area (Å²) in [4.78, 5) is 75.3. The minimum absolute atomic E-state index is 0.0200.